The molecule has 2 N–H and O–H groups in total. The summed E-state index contributed by atoms with van der Waals surface area (Å²) in [5.74, 6) is 1.02. The SMILES string of the molecule is CCC1CCCC(NS(=O)(=O)c2cccnc2NC)C1. The van der Waals surface area contributed by atoms with E-state index in [0.717, 1.165) is 25.7 Å². The van der Waals surface area contributed by atoms with Crippen LogP contribution in [-0.2, 0) is 10.0 Å². The van der Waals surface area contributed by atoms with Gasteiger partial charge in [-0.15, -0.1) is 0 Å². The zero-order valence-electron chi connectivity index (χ0n) is 12.1. The predicted octanol–water partition coefficient (Wildman–Crippen LogP) is 2.37. The van der Waals surface area contributed by atoms with Crippen molar-refractivity contribution >= 4 is 15.8 Å². The Bertz CT molecular complexity index is 545. The molecule has 2 rings (SSSR count). The molecule has 0 saturated heterocycles. The van der Waals surface area contributed by atoms with E-state index in [2.05, 4.69) is 21.9 Å². The average Bonchev–Trinajstić information content (AvgIpc) is 2.47. The van der Waals surface area contributed by atoms with Crippen LogP contribution in [0.1, 0.15) is 39.0 Å². The standard InChI is InChI=1S/C14H23N3O2S/c1-3-11-6-4-7-12(10-11)17-20(18,19)13-8-5-9-16-14(13)15-2/h5,8-9,11-12,17H,3-4,6-7,10H2,1-2H3,(H,15,16). The second-order valence-electron chi connectivity index (χ2n) is 5.36. The highest BCUT2D eigenvalue weighted by molar-refractivity contribution is 7.89. The van der Waals surface area contributed by atoms with Gasteiger partial charge in [0.25, 0.3) is 0 Å². The lowest BCUT2D eigenvalue weighted by Gasteiger charge is -2.29. The first-order valence-electron chi connectivity index (χ1n) is 7.22. The molecule has 1 aliphatic carbocycles. The van der Waals surface area contributed by atoms with Crippen LogP contribution in [0.4, 0.5) is 5.82 Å². The second-order valence-corrected chi connectivity index (χ2v) is 7.04. The summed E-state index contributed by atoms with van der Waals surface area (Å²) in [6, 6.07) is 3.27. The van der Waals surface area contributed by atoms with E-state index < -0.39 is 10.0 Å². The minimum absolute atomic E-state index is 0.0450. The number of nitrogens with one attached hydrogen (secondary N) is 2. The van der Waals surface area contributed by atoms with Crippen molar-refractivity contribution in [3.8, 4) is 0 Å². The highest BCUT2D eigenvalue weighted by Gasteiger charge is 2.27. The second kappa shape index (κ2) is 6.54. The molecule has 0 radical (unpaired) electrons. The first-order valence-corrected chi connectivity index (χ1v) is 8.70. The first-order chi connectivity index (χ1) is 9.56. The summed E-state index contributed by atoms with van der Waals surface area (Å²) >= 11 is 0. The maximum atomic E-state index is 12.5. The van der Waals surface area contributed by atoms with Crippen LogP contribution in [0.3, 0.4) is 0 Å². The summed E-state index contributed by atoms with van der Waals surface area (Å²) < 4.78 is 27.8. The van der Waals surface area contributed by atoms with Crippen molar-refractivity contribution in [1.82, 2.24) is 9.71 Å². The van der Waals surface area contributed by atoms with E-state index in [1.807, 2.05) is 0 Å². The highest BCUT2D eigenvalue weighted by atomic mass is 32.2. The van der Waals surface area contributed by atoms with Crippen LogP contribution >= 0.6 is 0 Å². The van der Waals surface area contributed by atoms with Crippen LogP contribution in [0.25, 0.3) is 0 Å². The molecule has 6 heteroatoms. The minimum Gasteiger partial charge on any atom is -0.372 e. The summed E-state index contributed by atoms with van der Waals surface area (Å²) in [4.78, 5) is 4.28. The van der Waals surface area contributed by atoms with Gasteiger partial charge in [0, 0.05) is 19.3 Å². The molecular formula is C14H23N3O2S. The molecule has 2 unspecified atom stereocenters. The molecule has 1 aromatic heterocycles. The number of pyridine rings is 1. The van der Waals surface area contributed by atoms with E-state index in [9.17, 15) is 8.42 Å². The van der Waals surface area contributed by atoms with Gasteiger partial charge in [0.05, 0.1) is 0 Å². The van der Waals surface area contributed by atoms with Gasteiger partial charge in [0.2, 0.25) is 10.0 Å². The van der Waals surface area contributed by atoms with E-state index in [0.29, 0.717) is 11.7 Å². The number of nitrogens with zero attached hydrogens (tertiary/aromatic N) is 1. The maximum absolute atomic E-state index is 12.5. The van der Waals surface area contributed by atoms with E-state index in [1.165, 1.54) is 6.42 Å². The minimum atomic E-state index is -3.51. The summed E-state index contributed by atoms with van der Waals surface area (Å²) in [7, 11) is -1.83. The highest BCUT2D eigenvalue weighted by Crippen LogP contribution is 2.28. The lowest BCUT2D eigenvalue weighted by atomic mass is 9.85. The fourth-order valence-corrected chi connectivity index (χ4v) is 4.29. The van der Waals surface area contributed by atoms with Crippen molar-refractivity contribution in [3.63, 3.8) is 0 Å². The predicted molar refractivity (Wildman–Crippen MR) is 80.1 cm³/mol. The number of rotatable bonds is 5. The molecule has 1 fully saturated rings. The van der Waals surface area contributed by atoms with Crippen LogP contribution in [0, 0.1) is 5.92 Å². The monoisotopic (exact) mass is 297 g/mol. The van der Waals surface area contributed by atoms with E-state index in [-0.39, 0.29) is 10.9 Å². The molecule has 112 valence electrons. The summed E-state index contributed by atoms with van der Waals surface area (Å²) in [5.41, 5.74) is 0. The molecular weight excluding hydrogens is 274 g/mol. The van der Waals surface area contributed by atoms with Gasteiger partial charge >= 0.3 is 0 Å². The third kappa shape index (κ3) is 3.49. The van der Waals surface area contributed by atoms with E-state index >= 15 is 0 Å². The number of hydrogen-bond donors (Lipinski definition) is 2. The van der Waals surface area contributed by atoms with Crippen LogP contribution in [0.2, 0.25) is 0 Å². The quantitative estimate of drug-likeness (QED) is 0.875. The normalized spacial score (nSPS) is 23.5. The summed E-state index contributed by atoms with van der Waals surface area (Å²) in [5, 5.41) is 2.83. The average molecular weight is 297 g/mol. The van der Waals surface area contributed by atoms with Crippen LogP contribution in [-0.4, -0.2) is 26.5 Å². The van der Waals surface area contributed by atoms with Crippen LogP contribution in [0.5, 0.6) is 0 Å². The molecule has 2 atom stereocenters. The van der Waals surface area contributed by atoms with Gasteiger partial charge in [-0.1, -0.05) is 26.2 Å². The van der Waals surface area contributed by atoms with Gasteiger partial charge in [-0.2, -0.15) is 0 Å². The Hall–Kier alpha value is -1.14. The Morgan fingerprint density at radius 3 is 2.90 bits per heavy atom. The zero-order chi connectivity index (χ0) is 14.6. The first kappa shape index (κ1) is 15.3. The van der Waals surface area contributed by atoms with Gasteiger partial charge in [-0.25, -0.2) is 18.1 Å². The molecule has 0 aliphatic heterocycles. The van der Waals surface area contributed by atoms with Crippen LogP contribution in [0.15, 0.2) is 23.2 Å². The third-order valence-corrected chi connectivity index (χ3v) is 5.53. The molecule has 1 aromatic rings. The molecule has 1 aliphatic rings. The lowest BCUT2D eigenvalue weighted by molar-refractivity contribution is 0.301. The fourth-order valence-electron chi connectivity index (χ4n) is 2.85. The Morgan fingerprint density at radius 2 is 2.20 bits per heavy atom. The van der Waals surface area contributed by atoms with Crippen molar-refractivity contribution in [2.45, 2.75) is 50.0 Å². The number of aromatic nitrogens is 1. The smallest absolute Gasteiger partial charge is 0.244 e. The molecule has 0 amide bonds. The Morgan fingerprint density at radius 1 is 1.40 bits per heavy atom. The Balaban J connectivity index is 2.14. The van der Waals surface area contributed by atoms with Gasteiger partial charge in [-0.3, -0.25) is 0 Å². The molecule has 1 heterocycles. The van der Waals surface area contributed by atoms with Gasteiger partial charge in [0.1, 0.15) is 10.7 Å². The summed E-state index contributed by atoms with van der Waals surface area (Å²) in [6.45, 7) is 2.17. The van der Waals surface area contributed by atoms with E-state index in [1.54, 1.807) is 25.4 Å². The number of anilines is 1. The van der Waals surface area contributed by atoms with Gasteiger partial charge < -0.3 is 5.32 Å². The molecule has 0 bridgehead atoms. The van der Waals surface area contributed by atoms with Crippen molar-refractivity contribution < 1.29 is 8.42 Å². The molecule has 0 aromatic carbocycles. The Labute approximate surface area is 121 Å². The van der Waals surface area contributed by atoms with Crippen LogP contribution < -0.4 is 10.0 Å². The van der Waals surface area contributed by atoms with Crippen molar-refractivity contribution in [1.29, 1.82) is 0 Å². The Kier molecular flexibility index (Phi) is 4.99. The molecule has 20 heavy (non-hydrogen) atoms. The largest absolute Gasteiger partial charge is 0.372 e. The number of hydrogen-bond acceptors (Lipinski definition) is 4. The van der Waals surface area contributed by atoms with E-state index in [4.69, 9.17) is 0 Å². The summed E-state index contributed by atoms with van der Waals surface area (Å²) in [6.07, 6.45) is 6.86. The van der Waals surface area contributed by atoms with Gasteiger partial charge in [-0.05, 0) is 30.9 Å². The van der Waals surface area contributed by atoms with Crippen molar-refractivity contribution in [3.05, 3.63) is 18.3 Å². The fraction of sp³-hybridized carbons (Fsp3) is 0.643. The van der Waals surface area contributed by atoms with Crippen molar-refractivity contribution in [2.24, 2.45) is 5.92 Å². The topological polar surface area (TPSA) is 71.1 Å². The maximum Gasteiger partial charge on any atom is 0.244 e. The van der Waals surface area contributed by atoms with Crippen molar-refractivity contribution in [2.75, 3.05) is 12.4 Å². The lowest BCUT2D eigenvalue weighted by Crippen LogP contribution is -2.38. The molecule has 5 nitrogen and oxygen atoms in total. The molecule has 1 saturated carbocycles. The van der Waals surface area contributed by atoms with Gasteiger partial charge in [0.15, 0.2) is 0 Å². The number of sulfonamides is 1. The third-order valence-electron chi connectivity index (χ3n) is 3.98. The zero-order valence-corrected chi connectivity index (χ0v) is 12.9. The molecule has 0 spiro atoms.